The number of hydrogen-bond acceptors (Lipinski definition) is 4. The van der Waals surface area contributed by atoms with E-state index in [9.17, 15) is 9.90 Å². The number of amides is 1. The molecule has 0 aromatic heterocycles. The Morgan fingerprint density at radius 1 is 1.12 bits per heavy atom. The van der Waals surface area contributed by atoms with Gasteiger partial charge in [-0.25, -0.2) is 5.43 Å². The fraction of sp³-hybridized carbons (Fsp3) is 0.0526. The summed E-state index contributed by atoms with van der Waals surface area (Å²) in [5.41, 5.74) is 3.74. The second-order valence-electron chi connectivity index (χ2n) is 5.15. The first kappa shape index (κ1) is 15.6. The van der Waals surface area contributed by atoms with Gasteiger partial charge in [0.25, 0.3) is 5.91 Å². The molecule has 0 bridgehead atoms. The first-order valence-corrected chi connectivity index (χ1v) is 7.37. The fourth-order valence-corrected chi connectivity index (χ4v) is 2.41. The number of nitrogens with one attached hydrogen (secondary N) is 1. The first-order valence-electron chi connectivity index (χ1n) is 7.37. The third kappa shape index (κ3) is 3.20. The lowest BCUT2D eigenvalue weighted by Gasteiger charge is -2.05. The van der Waals surface area contributed by atoms with Crippen molar-refractivity contribution < 1.29 is 14.6 Å². The molecule has 0 saturated carbocycles. The van der Waals surface area contributed by atoms with Crippen LogP contribution in [0.5, 0.6) is 11.5 Å². The van der Waals surface area contributed by atoms with Crippen LogP contribution in [-0.2, 0) is 0 Å². The number of carbonyl (C=O) groups excluding carboxylic acids is 1. The van der Waals surface area contributed by atoms with Gasteiger partial charge in [0.05, 0.1) is 13.3 Å². The molecule has 0 atom stereocenters. The number of phenolic OH excluding ortho intramolecular Hbond substituents is 1. The van der Waals surface area contributed by atoms with Gasteiger partial charge in [0.15, 0.2) is 11.5 Å². The Morgan fingerprint density at radius 2 is 1.92 bits per heavy atom. The predicted octanol–water partition coefficient (Wildman–Crippen LogP) is 3.32. The number of ether oxygens (including phenoxy) is 1. The van der Waals surface area contributed by atoms with E-state index < -0.39 is 0 Å². The van der Waals surface area contributed by atoms with Crippen LogP contribution in [0, 0.1) is 0 Å². The number of carbonyl (C=O) groups is 1. The first-order chi connectivity index (χ1) is 11.7. The summed E-state index contributed by atoms with van der Waals surface area (Å²) in [6.07, 6.45) is 1.61. The summed E-state index contributed by atoms with van der Waals surface area (Å²) < 4.78 is 4.99. The largest absolute Gasteiger partial charge is 0.504 e. The Hall–Kier alpha value is -3.34. The predicted molar refractivity (Wildman–Crippen MR) is 93.7 cm³/mol. The summed E-state index contributed by atoms with van der Waals surface area (Å²) >= 11 is 0. The summed E-state index contributed by atoms with van der Waals surface area (Å²) in [4.78, 5) is 12.1. The monoisotopic (exact) mass is 320 g/mol. The molecule has 0 aliphatic carbocycles. The van der Waals surface area contributed by atoms with Gasteiger partial charge in [-0.1, -0.05) is 42.5 Å². The van der Waals surface area contributed by atoms with Crippen LogP contribution in [0.15, 0.2) is 65.8 Å². The van der Waals surface area contributed by atoms with Crippen molar-refractivity contribution in [1.29, 1.82) is 0 Å². The summed E-state index contributed by atoms with van der Waals surface area (Å²) in [5, 5.41) is 15.7. The van der Waals surface area contributed by atoms with Gasteiger partial charge < -0.3 is 9.84 Å². The van der Waals surface area contributed by atoms with Crippen LogP contribution in [0.4, 0.5) is 0 Å². The van der Waals surface area contributed by atoms with E-state index in [0.717, 1.165) is 16.3 Å². The molecule has 2 N–H and O–H groups in total. The zero-order valence-electron chi connectivity index (χ0n) is 13.1. The van der Waals surface area contributed by atoms with Crippen molar-refractivity contribution in [2.45, 2.75) is 0 Å². The lowest BCUT2D eigenvalue weighted by atomic mass is 10.1. The summed E-state index contributed by atoms with van der Waals surface area (Å²) in [6, 6.07) is 18.2. The summed E-state index contributed by atoms with van der Waals surface area (Å²) in [6.45, 7) is 0. The highest BCUT2D eigenvalue weighted by molar-refractivity contribution is 6.00. The SMILES string of the molecule is COc1cc(C(=O)N/N=C\c2cccc3ccccc23)ccc1O. The molecule has 3 aromatic rings. The van der Waals surface area contributed by atoms with Gasteiger partial charge in [0, 0.05) is 11.1 Å². The van der Waals surface area contributed by atoms with Crippen LogP contribution in [0.2, 0.25) is 0 Å². The van der Waals surface area contributed by atoms with Gasteiger partial charge in [-0.3, -0.25) is 4.79 Å². The van der Waals surface area contributed by atoms with Crippen LogP contribution in [-0.4, -0.2) is 24.3 Å². The highest BCUT2D eigenvalue weighted by Crippen LogP contribution is 2.26. The number of nitrogens with zero attached hydrogens (tertiary/aromatic N) is 1. The molecule has 1 amide bonds. The quantitative estimate of drug-likeness (QED) is 0.572. The molecule has 3 rings (SSSR count). The number of benzene rings is 3. The Morgan fingerprint density at radius 3 is 2.75 bits per heavy atom. The lowest BCUT2D eigenvalue weighted by molar-refractivity contribution is 0.0955. The van der Waals surface area contributed by atoms with Crippen molar-refractivity contribution in [3.05, 3.63) is 71.8 Å². The molecule has 5 nitrogen and oxygen atoms in total. The normalized spacial score (nSPS) is 10.9. The van der Waals surface area contributed by atoms with Crippen LogP contribution in [0.1, 0.15) is 15.9 Å². The van der Waals surface area contributed by atoms with Gasteiger partial charge >= 0.3 is 0 Å². The molecule has 0 spiro atoms. The van der Waals surface area contributed by atoms with E-state index in [-0.39, 0.29) is 17.4 Å². The molecule has 0 aliphatic rings. The molecule has 3 aromatic carbocycles. The average Bonchev–Trinajstić information content (AvgIpc) is 2.62. The minimum Gasteiger partial charge on any atom is -0.504 e. The molecular formula is C19H16N2O3. The van der Waals surface area contributed by atoms with Crippen LogP contribution in [0.3, 0.4) is 0 Å². The van der Waals surface area contributed by atoms with Gasteiger partial charge in [-0.15, -0.1) is 0 Å². The molecule has 0 fully saturated rings. The van der Waals surface area contributed by atoms with E-state index in [1.54, 1.807) is 6.21 Å². The Bertz CT molecular complexity index is 914. The molecule has 0 radical (unpaired) electrons. The highest BCUT2D eigenvalue weighted by Gasteiger charge is 2.08. The highest BCUT2D eigenvalue weighted by atomic mass is 16.5. The van der Waals surface area contributed by atoms with Crippen molar-refractivity contribution in [3.8, 4) is 11.5 Å². The van der Waals surface area contributed by atoms with E-state index in [1.807, 2.05) is 42.5 Å². The van der Waals surface area contributed by atoms with Gasteiger partial charge in [-0.05, 0) is 29.0 Å². The minimum atomic E-state index is -0.384. The zero-order valence-corrected chi connectivity index (χ0v) is 13.1. The Kier molecular flexibility index (Phi) is 4.43. The number of hydrazone groups is 1. The number of methoxy groups -OCH3 is 1. The maximum absolute atomic E-state index is 12.1. The van der Waals surface area contributed by atoms with E-state index in [0.29, 0.717) is 5.56 Å². The van der Waals surface area contributed by atoms with Gasteiger partial charge in [-0.2, -0.15) is 5.10 Å². The van der Waals surface area contributed by atoms with Crippen molar-refractivity contribution in [2.75, 3.05) is 7.11 Å². The molecule has 5 heteroatoms. The molecule has 0 unspecified atom stereocenters. The van der Waals surface area contributed by atoms with E-state index >= 15 is 0 Å². The number of phenols is 1. The molecule has 0 aliphatic heterocycles. The second kappa shape index (κ2) is 6.83. The van der Waals surface area contributed by atoms with Crippen LogP contribution < -0.4 is 10.2 Å². The Labute approximate surface area is 139 Å². The minimum absolute atomic E-state index is 0.0201. The topological polar surface area (TPSA) is 70.9 Å². The van der Waals surface area contributed by atoms with E-state index in [2.05, 4.69) is 10.5 Å². The smallest absolute Gasteiger partial charge is 0.271 e. The number of fused-ring (bicyclic) bond motifs is 1. The van der Waals surface area contributed by atoms with Gasteiger partial charge in [0.2, 0.25) is 0 Å². The summed E-state index contributed by atoms with van der Waals surface area (Å²) in [5.74, 6) is -0.168. The maximum atomic E-state index is 12.1. The zero-order chi connectivity index (χ0) is 16.9. The van der Waals surface area contributed by atoms with Crippen LogP contribution in [0.25, 0.3) is 10.8 Å². The lowest BCUT2D eigenvalue weighted by Crippen LogP contribution is -2.17. The van der Waals surface area contributed by atoms with Crippen molar-refractivity contribution in [3.63, 3.8) is 0 Å². The fourth-order valence-electron chi connectivity index (χ4n) is 2.41. The third-order valence-electron chi connectivity index (χ3n) is 3.64. The second-order valence-corrected chi connectivity index (χ2v) is 5.15. The standard InChI is InChI=1S/C19H16N2O3/c1-24-18-11-14(9-10-17(18)22)19(23)21-20-12-15-7-4-6-13-5-2-3-8-16(13)15/h2-12,22H,1H3,(H,21,23)/b20-12-. The number of hydrogen-bond donors (Lipinski definition) is 2. The van der Waals surface area contributed by atoms with E-state index in [4.69, 9.17) is 4.74 Å². The number of rotatable bonds is 4. The van der Waals surface area contributed by atoms with E-state index in [1.165, 1.54) is 25.3 Å². The Balaban J connectivity index is 1.77. The molecule has 0 heterocycles. The molecular weight excluding hydrogens is 304 g/mol. The van der Waals surface area contributed by atoms with Crippen molar-refractivity contribution >= 4 is 22.9 Å². The van der Waals surface area contributed by atoms with Crippen molar-refractivity contribution in [2.24, 2.45) is 5.10 Å². The third-order valence-corrected chi connectivity index (χ3v) is 3.64. The maximum Gasteiger partial charge on any atom is 0.271 e. The molecule has 24 heavy (non-hydrogen) atoms. The van der Waals surface area contributed by atoms with Crippen molar-refractivity contribution in [1.82, 2.24) is 5.43 Å². The summed E-state index contributed by atoms with van der Waals surface area (Å²) in [7, 11) is 1.43. The molecule has 0 saturated heterocycles. The van der Waals surface area contributed by atoms with Crippen LogP contribution >= 0.6 is 0 Å². The van der Waals surface area contributed by atoms with Gasteiger partial charge in [0.1, 0.15) is 0 Å². The average molecular weight is 320 g/mol. The number of aromatic hydroxyl groups is 1. The molecule has 120 valence electrons.